The van der Waals surface area contributed by atoms with Crippen molar-refractivity contribution in [2.75, 3.05) is 13.2 Å². The molecule has 0 aliphatic carbocycles. The van der Waals surface area contributed by atoms with Crippen LogP contribution in [0, 0.1) is 0 Å². The van der Waals surface area contributed by atoms with Crippen LogP contribution in [0.1, 0.15) is 51.9 Å². The number of fused-ring (bicyclic) bond motifs is 1. The van der Waals surface area contributed by atoms with E-state index in [1.54, 1.807) is 0 Å². The van der Waals surface area contributed by atoms with Crippen molar-refractivity contribution < 1.29 is 28.2 Å². The van der Waals surface area contributed by atoms with E-state index >= 15 is 0 Å². The molecule has 24 heavy (non-hydrogen) atoms. The highest BCUT2D eigenvalue weighted by Gasteiger charge is 2.63. The molecule has 0 N–H and O–H groups in total. The molecule has 0 aromatic carbocycles. The first-order valence-electron chi connectivity index (χ1n) is 8.25. The Balaban J connectivity index is 2.04. The molecule has 0 aromatic heterocycles. The molecule has 0 bridgehead atoms. The third kappa shape index (κ3) is 3.72. The molecule has 2 aliphatic rings. The summed E-state index contributed by atoms with van der Waals surface area (Å²) in [7, 11) is 0. The standard InChI is InChI=1S/C15H22BrFN2O5/c1-2-3-4-5-6-8-11(20)24-15-12(17)13(21)19(16)14(22)18(15)9-7-10-23-15/h12H,2-10H2,1H3/t12-,15?/m1/s1. The van der Waals surface area contributed by atoms with Crippen molar-refractivity contribution in [2.24, 2.45) is 0 Å². The third-order valence-corrected chi connectivity index (χ3v) is 4.74. The highest BCUT2D eigenvalue weighted by molar-refractivity contribution is 9.08. The molecular formula is C15H22BrFN2O5. The van der Waals surface area contributed by atoms with Gasteiger partial charge in [-0.2, -0.15) is 3.93 Å². The molecule has 9 heteroatoms. The van der Waals surface area contributed by atoms with Crippen LogP contribution < -0.4 is 0 Å². The predicted octanol–water partition coefficient (Wildman–Crippen LogP) is 2.88. The average Bonchev–Trinajstić information content (AvgIpc) is 2.58. The van der Waals surface area contributed by atoms with Gasteiger partial charge in [0.15, 0.2) is 0 Å². The highest BCUT2D eigenvalue weighted by atomic mass is 79.9. The summed E-state index contributed by atoms with van der Waals surface area (Å²) in [6.45, 7) is 2.33. The van der Waals surface area contributed by atoms with Gasteiger partial charge in [-0.1, -0.05) is 32.6 Å². The topological polar surface area (TPSA) is 76.2 Å². The zero-order valence-electron chi connectivity index (χ0n) is 13.6. The zero-order valence-corrected chi connectivity index (χ0v) is 15.2. The van der Waals surface area contributed by atoms with Crippen LogP contribution in [0.4, 0.5) is 9.18 Å². The number of ether oxygens (including phenoxy) is 2. The monoisotopic (exact) mass is 408 g/mol. The van der Waals surface area contributed by atoms with Gasteiger partial charge in [-0.3, -0.25) is 14.5 Å². The minimum Gasteiger partial charge on any atom is -0.410 e. The summed E-state index contributed by atoms with van der Waals surface area (Å²) in [4.78, 5) is 37.1. The number of unbranched alkanes of at least 4 members (excludes halogenated alkanes) is 4. The highest BCUT2D eigenvalue weighted by Crippen LogP contribution is 2.37. The van der Waals surface area contributed by atoms with Gasteiger partial charge >= 0.3 is 17.9 Å². The molecule has 2 rings (SSSR count). The molecule has 2 fully saturated rings. The Morgan fingerprint density at radius 3 is 2.79 bits per heavy atom. The second kappa shape index (κ2) is 8.24. The van der Waals surface area contributed by atoms with Crippen LogP contribution in [0.3, 0.4) is 0 Å². The maximum absolute atomic E-state index is 14.6. The molecular weight excluding hydrogens is 387 g/mol. The Bertz CT molecular complexity index is 506. The normalized spacial score (nSPS) is 27.2. The van der Waals surface area contributed by atoms with Gasteiger partial charge in [-0.15, -0.1) is 0 Å². The van der Waals surface area contributed by atoms with Crippen molar-refractivity contribution in [1.82, 2.24) is 8.83 Å². The van der Waals surface area contributed by atoms with Crippen LogP contribution in [0.5, 0.6) is 0 Å². The van der Waals surface area contributed by atoms with Crippen molar-refractivity contribution in [3.8, 4) is 0 Å². The summed E-state index contributed by atoms with van der Waals surface area (Å²) in [5.74, 6) is -4.10. The number of esters is 1. The van der Waals surface area contributed by atoms with Crippen molar-refractivity contribution >= 4 is 34.1 Å². The number of hydrogen-bond donors (Lipinski definition) is 0. The summed E-state index contributed by atoms with van der Waals surface area (Å²) < 4.78 is 25.6. The number of alkyl halides is 1. The first-order chi connectivity index (χ1) is 11.4. The van der Waals surface area contributed by atoms with E-state index in [4.69, 9.17) is 9.47 Å². The lowest BCUT2D eigenvalue weighted by Crippen LogP contribution is -2.72. The molecule has 1 unspecified atom stereocenters. The quantitative estimate of drug-likeness (QED) is 0.367. The Hall–Kier alpha value is -1.22. The number of carbonyl (C=O) groups is 3. The Morgan fingerprint density at radius 2 is 2.08 bits per heavy atom. The zero-order chi connectivity index (χ0) is 17.7. The number of rotatable bonds is 7. The second-order valence-electron chi connectivity index (χ2n) is 5.89. The Kier molecular flexibility index (Phi) is 6.56. The van der Waals surface area contributed by atoms with Crippen molar-refractivity contribution in [3.05, 3.63) is 0 Å². The van der Waals surface area contributed by atoms with Gasteiger partial charge in [0, 0.05) is 13.0 Å². The lowest BCUT2D eigenvalue weighted by Gasteiger charge is -2.49. The van der Waals surface area contributed by atoms with Gasteiger partial charge in [0.1, 0.15) is 0 Å². The molecule has 0 spiro atoms. The number of amides is 3. The van der Waals surface area contributed by atoms with Gasteiger partial charge in [-0.25, -0.2) is 9.18 Å². The van der Waals surface area contributed by atoms with Gasteiger partial charge in [0.25, 0.3) is 12.1 Å². The molecule has 0 aromatic rings. The average molecular weight is 409 g/mol. The number of carbonyl (C=O) groups excluding carboxylic acids is 3. The van der Waals surface area contributed by atoms with Crippen LogP contribution in [-0.4, -0.2) is 52.0 Å². The molecule has 2 atom stereocenters. The first-order valence-corrected chi connectivity index (χ1v) is 8.96. The molecule has 7 nitrogen and oxygen atoms in total. The molecule has 2 saturated heterocycles. The minimum atomic E-state index is -2.29. The lowest BCUT2D eigenvalue weighted by atomic mass is 10.1. The predicted molar refractivity (Wildman–Crippen MR) is 85.5 cm³/mol. The van der Waals surface area contributed by atoms with Crippen molar-refractivity contribution in [3.63, 3.8) is 0 Å². The molecule has 2 heterocycles. The maximum atomic E-state index is 14.6. The summed E-state index contributed by atoms with van der Waals surface area (Å²) in [5.41, 5.74) is 0. The molecule has 136 valence electrons. The summed E-state index contributed by atoms with van der Waals surface area (Å²) >= 11 is 2.73. The van der Waals surface area contributed by atoms with E-state index in [9.17, 15) is 18.8 Å². The van der Waals surface area contributed by atoms with Crippen LogP contribution in [0.25, 0.3) is 0 Å². The molecule has 0 radical (unpaired) electrons. The minimum absolute atomic E-state index is 0.0930. The fourth-order valence-corrected chi connectivity index (χ4v) is 3.16. The molecule has 2 aliphatic heterocycles. The number of urea groups is 1. The Morgan fingerprint density at radius 1 is 1.38 bits per heavy atom. The summed E-state index contributed by atoms with van der Waals surface area (Å²) in [6, 6.07) is -0.802. The van der Waals surface area contributed by atoms with E-state index in [1.807, 2.05) is 0 Å². The van der Waals surface area contributed by atoms with E-state index in [0.29, 0.717) is 16.8 Å². The largest absolute Gasteiger partial charge is 0.410 e. The van der Waals surface area contributed by atoms with Crippen LogP contribution >= 0.6 is 16.1 Å². The van der Waals surface area contributed by atoms with Gasteiger partial charge in [0.2, 0.25) is 0 Å². The van der Waals surface area contributed by atoms with Crippen LogP contribution in [0.15, 0.2) is 0 Å². The van der Waals surface area contributed by atoms with E-state index < -0.39 is 30.0 Å². The molecule has 3 amide bonds. The summed E-state index contributed by atoms with van der Waals surface area (Å²) in [6.07, 6.45) is 2.93. The van der Waals surface area contributed by atoms with E-state index in [-0.39, 0.29) is 19.6 Å². The summed E-state index contributed by atoms with van der Waals surface area (Å²) in [5, 5.41) is 0. The van der Waals surface area contributed by atoms with Crippen LogP contribution in [-0.2, 0) is 19.1 Å². The van der Waals surface area contributed by atoms with E-state index in [1.165, 1.54) is 0 Å². The van der Waals surface area contributed by atoms with Gasteiger partial charge in [0.05, 0.1) is 22.8 Å². The number of hydrogen-bond acceptors (Lipinski definition) is 5. The second-order valence-corrected chi connectivity index (χ2v) is 6.60. The fourth-order valence-electron chi connectivity index (χ4n) is 2.79. The fraction of sp³-hybridized carbons (Fsp3) is 0.800. The number of halogens is 2. The number of imide groups is 1. The third-order valence-electron chi connectivity index (χ3n) is 4.09. The number of nitrogens with zero attached hydrogens (tertiary/aromatic N) is 2. The molecule has 0 saturated carbocycles. The maximum Gasteiger partial charge on any atom is 0.343 e. The smallest absolute Gasteiger partial charge is 0.343 e. The van der Waals surface area contributed by atoms with E-state index in [0.717, 1.165) is 30.6 Å². The lowest BCUT2D eigenvalue weighted by molar-refractivity contribution is -0.329. The van der Waals surface area contributed by atoms with Gasteiger partial charge < -0.3 is 9.47 Å². The van der Waals surface area contributed by atoms with Crippen molar-refractivity contribution in [2.45, 2.75) is 64.0 Å². The first kappa shape index (κ1) is 19.1. The van der Waals surface area contributed by atoms with Crippen LogP contribution in [0.2, 0.25) is 0 Å². The van der Waals surface area contributed by atoms with Crippen molar-refractivity contribution in [1.29, 1.82) is 0 Å². The van der Waals surface area contributed by atoms with Gasteiger partial charge in [-0.05, 0) is 12.8 Å². The Labute approximate surface area is 148 Å². The van der Waals surface area contributed by atoms with E-state index in [2.05, 4.69) is 23.1 Å². The SMILES string of the molecule is CCCCCCCC(=O)OC12OCCCN1C(=O)N(Br)C(=O)[C@H]2F.